The van der Waals surface area contributed by atoms with Crippen molar-refractivity contribution < 1.29 is 9.47 Å². The van der Waals surface area contributed by atoms with E-state index in [2.05, 4.69) is 10.2 Å². The Labute approximate surface area is 98.3 Å². The molecule has 16 heavy (non-hydrogen) atoms. The molecular formula is C12H24N2O2. The SMILES string of the molecule is CNCC1CN(CCC2CCCO2)CCO1. The first-order chi connectivity index (χ1) is 7.88. The molecule has 94 valence electrons. The van der Waals surface area contributed by atoms with Crippen LogP contribution in [0.2, 0.25) is 0 Å². The summed E-state index contributed by atoms with van der Waals surface area (Å²) < 4.78 is 11.3. The van der Waals surface area contributed by atoms with Crippen LogP contribution in [0.1, 0.15) is 19.3 Å². The normalized spacial score (nSPS) is 32.1. The van der Waals surface area contributed by atoms with Gasteiger partial charge in [0.1, 0.15) is 0 Å². The molecule has 4 nitrogen and oxygen atoms in total. The lowest BCUT2D eigenvalue weighted by Crippen LogP contribution is -2.46. The minimum Gasteiger partial charge on any atom is -0.378 e. The third-order valence-electron chi connectivity index (χ3n) is 3.45. The summed E-state index contributed by atoms with van der Waals surface area (Å²) in [6, 6.07) is 0. The van der Waals surface area contributed by atoms with Gasteiger partial charge in [-0.1, -0.05) is 0 Å². The molecule has 2 saturated heterocycles. The summed E-state index contributed by atoms with van der Waals surface area (Å²) in [6.45, 7) is 6.10. The predicted octanol–water partition coefficient (Wildman–Crippen LogP) is 0.476. The Hall–Kier alpha value is -0.160. The van der Waals surface area contributed by atoms with Crippen LogP contribution in [0.5, 0.6) is 0 Å². The number of morpholine rings is 1. The van der Waals surface area contributed by atoms with Crippen molar-refractivity contribution in [3.8, 4) is 0 Å². The van der Waals surface area contributed by atoms with Crippen molar-refractivity contribution in [1.82, 2.24) is 10.2 Å². The third-order valence-corrected chi connectivity index (χ3v) is 3.45. The number of hydrogen-bond acceptors (Lipinski definition) is 4. The van der Waals surface area contributed by atoms with Gasteiger partial charge in [0.25, 0.3) is 0 Å². The van der Waals surface area contributed by atoms with Gasteiger partial charge in [-0.05, 0) is 26.3 Å². The van der Waals surface area contributed by atoms with Crippen LogP contribution in [-0.2, 0) is 9.47 Å². The summed E-state index contributed by atoms with van der Waals surface area (Å²) in [4.78, 5) is 2.51. The van der Waals surface area contributed by atoms with Crippen LogP contribution in [0.15, 0.2) is 0 Å². The minimum atomic E-state index is 0.364. The average molecular weight is 228 g/mol. The van der Waals surface area contributed by atoms with Gasteiger partial charge in [0, 0.05) is 32.8 Å². The Morgan fingerprint density at radius 3 is 2.88 bits per heavy atom. The number of nitrogens with zero attached hydrogens (tertiary/aromatic N) is 1. The molecule has 0 radical (unpaired) electrons. The molecule has 0 saturated carbocycles. The predicted molar refractivity (Wildman–Crippen MR) is 63.7 cm³/mol. The van der Waals surface area contributed by atoms with Gasteiger partial charge >= 0.3 is 0 Å². The Kier molecular flexibility index (Phi) is 5.03. The Bertz CT molecular complexity index is 193. The summed E-state index contributed by atoms with van der Waals surface area (Å²) in [6.07, 6.45) is 4.57. The Balaban J connectivity index is 1.64. The summed E-state index contributed by atoms with van der Waals surface area (Å²) in [5, 5.41) is 3.18. The zero-order valence-electron chi connectivity index (χ0n) is 10.3. The van der Waals surface area contributed by atoms with Crippen LogP contribution in [-0.4, -0.2) is 63.5 Å². The molecule has 0 bridgehead atoms. The van der Waals surface area contributed by atoms with Gasteiger partial charge in [-0.25, -0.2) is 0 Å². The van der Waals surface area contributed by atoms with E-state index in [4.69, 9.17) is 9.47 Å². The molecule has 2 rings (SSSR count). The third kappa shape index (κ3) is 3.70. The Morgan fingerprint density at radius 1 is 1.25 bits per heavy atom. The van der Waals surface area contributed by atoms with E-state index in [-0.39, 0.29) is 0 Å². The van der Waals surface area contributed by atoms with Gasteiger partial charge in [0.05, 0.1) is 18.8 Å². The first kappa shape index (κ1) is 12.3. The van der Waals surface area contributed by atoms with Gasteiger partial charge in [0.2, 0.25) is 0 Å². The number of rotatable bonds is 5. The van der Waals surface area contributed by atoms with E-state index in [1.807, 2.05) is 7.05 Å². The second kappa shape index (κ2) is 6.55. The monoisotopic (exact) mass is 228 g/mol. The first-order valence-electron chi connectivity index (χ1n) is 6.48. The lowest BCUT2D eigenvalue weighted by molar-refractivity contribution is -0.0305. The molecule has 1 N–H and O–H groups in total. The highest BCUT2D eigenvalue weighted by atomic mass is 16.5. The molecule has 0 aromatic carbocycles. The van der Waals surface area contributed by atoms with E-state index in [0.29, 0.717) is 12.2 Å². The second-order valence-corrected chi connectivity index (χ2v) is 4.77. The molecule has 2 aliphatic heterocycles. The van der Waals surface area contributed by atoms with Crippen molar-refractivity contribution in [2.75, 3.05) is 46.4 Å². The molecule has 2 unspecified atom stereocenters. The fourth-order valence-corrected chi connectivity index (χ4v) is 2.53. The number of nitrogens with one attached hydrogen (secondary N) is 1. The highest BCUT2D eigenvalue weighted by Crippen LogP contribution is 2.16. The van der Waals surface area contributed by atoms with E-state index in [1.54, 1.807) is 0 Å². The molecule has 2 atom stereocenters. The largest absolute Gasteiger partial charge is 0.378 e. The molecule has 4 heteroatoms. The van der Waals surface area contributed by atoms with Crippen molar-refractivity contribution in [2.24, 2.45) is 0 Å². The zero-order valence-corrected chi connectivity index (χ0v) is 10.3. The first-order valence-corrected chi connectivity index (χ1v) is 6.48. The van der Waals surface area contributed by atoms with Crippen LogP contribution >= 0.6 is 0 Å². The van der Waals surface area contributed by atoms with Gasteiger partial charge in [-0.15, -0.1) is 0 Å². The van der Waals surface area contributed by atoms with E-state index < -0.39 is 0 Å². The lowest BCUT2D eigenvalue weighted by Gasteiger charge is -2.33. The summed E-state index contributed by atoms with van der Waals surface area (Å²) >= 11 is 0. The summed E-state index contributed by atoms with van der Waals surface area (Å²) in [7, 11) is 1.98. The lowest BCUT2D eigenvalue weighted by atomic mass is 10.1. The smallest absolute Gasteiger partial charge is 0.0826 e. The van der Waals surface area contributed by atoms with Gasteiger partial charge in [0.15, 0.2) is 0 Å². The molecule has 0 aromatic rings. The van der Waals surface area contributed by atoms with Gasteiger partial charge in [-0.2, -0.15) is 0 Å². The van der Waals surface area contributed by atoms with Crippen LogP contribution in [0.25, 0.3) is 0 Å². The molecule has 0 spiro atoms. The van der Waals surface area contributed by atoms with E-state index >= 15 is 0 Å². The number of likely N-dealkylation sites (N-methyl/N-ethyl adjacent to an activating group) is 1. The second-order valence-electron chi connectivity index (χ2n) is 4.77. The summed E-state index contributed by atoms with van der Waals surface area (Å²) in [5.41, 5.74) is 0. The number of hydrogen-bond donors (Lipinski definition) is 1. The minimum absolute atomic E-state index is 0.364. The molecule has 0 amide bonds. The Morgan fingerprint density at radius 2 is 2.12 bits per heavy atom. The maximum atomic E-state index is 5.68. The molecule has 0 aromatic heterocycles. The van der Waals surface area contributed by atoms with E-state index in [1.165, 1.54) is 19.3 Å². The van der Waals surface area contributed by atoms with Crippen molar-refractivity contribution in [3.63, 3.8) is 0 Å². The quantitative estimate of drug-likeness (QED) is 0.742. The standard InChI is InChI=1S/C12H24N2O2/c1-13-9-12-10-14(6-8-16-12)5-4-11-3-2-7-15-11/h11-13H,2-10H2,1H3. The average Bonchev–Trinajstić information content (AvgIpc) is 2.80. The van der Waals surface area contributed by atoms with Gasteiger partial charge < -0.3 is 14.8 Å². The van der Waals surface area contributed by atoms with Crippen molar-refractivity contribution in [1.29, 1.82) is 0 Å². The molecule has 2 fully saturated rings. The van der Waals surface area contributed by atoms with Gasteiger partial charge in [-0.3, -0.25) is 4.90 Å². The highest BCUT2D eigenvalue weighted by Gasteiger charge is 2.21. The molecular weight excluding hydrogens is 204 g/mol. The topological polar surface area (TPSA) is 33.7 Å². The maximum absolute atomic E-state index is 5.68. The zero-order chi connectivity index (χ0) is 11.2. The molecule has 2 heterocycles. The van der Waals surface area contributed by atoms with E-state index in [9.17, 15) is 0 Å². The summed E-state index contributed by atoms with van der Waals surface area (Å²) in [5.74, 6) is 0. The molecule has 2 aliphatic rings. The maximum Gasteiger partial charge on any atom is 0.0826 e. The molecule has 0 aliphatic carbocycles. The van der Waals surface area contributed by atoms with Crippen molar-refractivity contribution in [3.05, 3.63) is 0 Å². The van der Waals surface area contributed by atoms with Crippen LogP contribution < -0.4 is 5.32 Å². The fraction of sp³-hybridized carbons (Fsp3) is 1.00. The highest BCUT2D eigenvalue weighted by molar-refractivity contribution is 4.74. The van der Waals surface area contributed by atoms with Crippen LogP contribution in [0.4, 0.5) is 0 Å². The number of ether oxygens (including phenoxy) is 2. The van der Waals surface area contributed by atoms with Crippen molar-refractivity contribution in [2.45, 2.75) is 31.5 Å². The van der Waals surface area contributed by atoms with Crippen LogP contribution in [0, 0.1) is 0 Å². The van der Waals surface area contributed by atoms with Crippen molar-refractivity contribution >= 4 is 0 Å². The van der Waals surface area contributed by atoms with Crippen LogP contribution in [0.3, 0.4) is 0 Å². The fourth-order valence-electron chi connectivity index (χ4n) is 2.53. The van der Waals surface area contributed by atoms with E-state index in [0.717, 1.165) is 39.4 Å².